The van der Waals surface area contributed by atoms with Gasteiger partial charge in [0.15, 0.2) is 0 Å². The average Bonchev–Trinajstić information content (AvgIpc) is 2.81. The van der Waals surface area contributed by atoms with E-state index in [1.54, 1.807) is 0 Å². The molecule has 0 aliphatic heterocycles. The number of halogens is 1. The van der Waals surface area contributed by atoms with Crippen molar-refractivity contribution in [2.45, 2.75) is 38.6 Å². The molecule has 0 radical (unpaired) electrons. The molecule has 0 amide bonds. The van der Waals surface area contributed by atoms with E-state index < -0.39 is 0 Å². The van der Waals surface area contributed by atoms with Gasteiger partial charge in [-0.3, -0.25) is 0 Å². The summed E-state index contributed by atoms with van der Waals surface area (Å²) in [4.78, 5) is 2.37. The van der Waals surface area contributed by atoms with E-state index in [1.165, 1.54) is 36.9 Å². The van der Waals surface area contributed by atoms with Gasteiger partial charge in [0.2, 0.25) is 0 Å². The van der Waals surface area contributed by atoms with E-state index in [4.69, 9.17) is 5.73 Å². The molecular weight excluding hydrogens is 288 g/mol. The van der Waals surface area contributed by atoms with E-state index in [1.807, 2.05) is 0 Å². The van der Waals surface area contributed by atoms with E-state index >= 15 is 0 Å². The van der Waals surface area contributed by atoms with Crippen LogP contribution in [0.25, 0.3) is 0 Å². The summed E-state index contributed by atoms with van der Waals surface area (Å²) in [5.41, 5.74) is 8.57. The van der Waals surface area contributed by atoms with Gasteiger partial charge >= 0.3 is 0 Å². The molecule has 1 atom stereocenters. The zero-order valence-corrected chi connectivity index (χ0v) is 12.9. The van der Waals surface area contributed by atoms with Crippen LogP contribution in [0, 0.1) is 5.92 Å². The Hall–Kier alpha value is -0.540. The van der Waals surface area contributed by atoms with Crippen molar-refractivity contribution >= 4 is 21.6 Å². The van der Waals surface area contributed by atoms with Crippen LogP contribution >= 0.6 is 15.9 Å². The van der Waals surface area contributed by atoms with Crippen LogP contribution in [0.3, 0.4) is 0 Å². The lowest BCUT2D eigenvalue weighted by molar-refractivity contribution is 0.546. The lowest BCUT2D eigenvalue weighted by Gasteiger charge is -2.27. The van der Waals surface area contributed by atoms with Gasteiger partial charge in [0.1, 0.15) is 0 Å². The molecule has 0 saturated heterocycles. The molecule has 1 saturated carbocycles. The normalized spacial score (nSPS) is 18.0. The maximum Gasteiger partial charge on any atom is 0.0423 e. The fourth-order valence-electron chi connectivity index (χ4n) is 2.91. The second-order valence-electron chi connectivity index (χ2n) is 5.52. The molecule has 1 aliphatic rings. The summed E-state index contributed by atoms with van der Waals surface area (Å²) in [5, 5.41) is 0. The molecule has 3 heteroatoms. The van der Waals surface area contributed by atoms with Crippen LogP contribution in [0.15, 0.2) is 22.7 Å². The van der Waals surface area contributed by atoms with Crippen LogP contribution in [0.1, 0.15) is 44.2 Å². The maximum absolute atomic E-state index is 6.07. The van der Waals surface area contributed by atoms with E-state index in [0.29, 0.717) is 0 Å². The molecule has 1 aromatic carbocycles. The number of nitrogens with two attached hydrogens (primary N) is 1. The number of anilines is 1. The molecule has 1 unspecified atom stereocenters. The zero-order valence-electron chi connectivity index (χ0n) is 11.3. The molecule has 0 aromatic heterocycles. The van der Waals surface area contributed by atoms with Gasteiger partial charge in [-0.15, -0.1) is 0 Å². The summed E-state index contributed by atoms with van der Waals surface area (Å²) in [5.74, 6) is 0.856. The highest BCUT2D eigenvalue weighted by Crippen LogP contribution is 2.31. The Bertz CT molecular complexity index is 397. The van der Waals surface area contributed by atoms with Crippen molar-refractivity contribution in [2.24, 2.45) is 11.7 Å². The first-order valence-corrected chi connectivity index (χ1v) is 7.63. The summed E-state index contributed by atoms with van der Waals surface area (Å²) in [7, 11) is 2.19. The molecule has 2 rings (SSSR count). The summed E-state index contributed by atoms with van der Waals surface area (Å²) in [6.45, 7) is 3.20. The van der Waals surface area contributed by atoms with Crippen molar-refractivity contribution in [3.63, 3.8) is 0 Å². The molecule has 1 fully saturated rings. The molecule has 0 heterocycles. The molecule has 2 N–H and O–H groups in total. The minimum atomic E-state index is 0.0825. The van der Waals surface area contributed by atoms with Crippen LogP contribution in [0.2, 0.25) is 0 Å². The molecule has 100 valence electrons. The average molecular weight is 311 g/mol. The van der Waals surface area contributed by atoms with Gasteiger partial charge in [0, 0.05) is 29.8 Å². The van der Waals surface area contributed by atoms with Crippen molar-refractivity contribution in [3.8, 4) is 0 Å². The van der Waals surface area contributed by atoms with Gasteiger partial charge < -0.3 is 10.6 Å². The van der Waals surface area contributed by atoms with E-state index in [-0.39, 0.29) is 6.04 Å². The van der Waals surface area contributed by atoms with Crippen molar-refractivity contribution in [2.75, 3.05) is 18.5 Å². The number of benzene rings is 1. The van der Waals surface area contributed by atoms with Crippen LogP contribution in [-0.2, 0) is 0 Å². The number of hydrogen-bond donors (Lipinski definition) is 1. The second-order valence-corrected chi connectivity index (χ2v) is 6.44. The zero-order chi connectivity index (χ0) is 13.1. The summed E-state index contributed by atoms with van der Waals surface area (Å²) in [6, 6.07) is 6.48. The van der Waals surface area contributed by atoms with Crippen molar-refractivity contribution in [1.82, 2.24) is 0 Å². The molecule has 1 aromatic rings. The van der Waals surface area contributed by atoms with Crippen LogP contribution in [0.4, 0.5) is 5.69 Å². The highest BCUT2D eigenvalue weighted by atomic mass is 79.9. The monoisotopic (exact) mass is 310 g/mol. The third-order valence-electron chi connectivity index (χ3n) is 3.90. The van der Waals surface area contributed by atoms with E-state index in [9.17, 15) is 0 Å². The lowest BCUT2D eigenvalue weighted by Crippen LogP contribution is -2.26. The largest absolute Gasteiger partial charge is 0.374 e. The summed E-state index contributed by atoms with van der Waals surface area (Å²) < 4.78 is 1.13. The van der Waals surface area contributed by atoms with Gasteiger partial charge in [0.05, 0.1) is 0 Å². The van der Waals surface area contributed by atoms with Gasteiger partial charge in [0.25, 0.3) is 0 Å². The Morgan fingerprint density at radius 1 is 1.39 bits per heavy atom. The van der Waals surface area contributed by atoms with Gasteiger partial charge in [-0.25, -0.2) is 0 Å². The number of nitrogens with zero attached hydrogens (tertiary/aromatic N) is 1. The Labute approximate surface area is 119 Å². The standard InChI is InChI=1S/C15H23BrN2/c1-11(17)14-8-7-13(16)9-15(14)18(2)10-12-5-3-4-6-12/h7-9,11-12H,3-6,10,17H2,1-2H3. The van der Waals surface area contributed by atoms with Gasteiger partial charge in [-0.1, -0.05) is 34.8 Å². The first kappa shape index (κ1) is 13.9. The molecule has 1 aliphatic carbocycles. The molecule has 0 bridgehead atoms. The van der Waals surface area contributed by atoms with Crippen molar-refractivity contribution in [1.29, 1.82) is 0 Å². The third kappa shape index (κ3) is 3.27. The maximum atomic E-state index is 6.07. The van der Waals surface area contributed by atoms with Crippen LogP contribution in [0.5, 0.6) is 0 Å². The molecule has 0 spiro atoms. The van der Waals surface area contributed by atoms with E-state index in [0.717, 1.165) is 16.9 Å². The lowest BCUT2D eigenvalue weighted by atomic mass is 10.0. The first-order chi connectivity index (χ1) is 8.58. The molecule has 18 heavy (non-hydrogen) atoms. The Kier molecular flexibility index (Phi) is 4.68. The fourth-order valence-corrected chi connectivity index (χ4v) is 3.26. The predicted octanol–water partition coefficient (Wildman–Crippen LogP) is 4.10. The second kappa shape index (κ2) is 6.07. The highest BCUT2D eigenvalue weighted by molar-refractivity contribution is 9.10. The minimum absolute atomic E-state index is 0.0825. The highest BCUT2D eigenvalue weighted by Gasteiger charge is 2.19. The van der Waals surface area contributed by atoms with Gasteiger partial charge in [-0.2, -0.15) is 0 Å². The van der Waals surface area contributed by atoms with Crippen LogP contribution < -0.4 is 10.6 Å². The Morgan fingerprint density at radius 3 is 2.67 bits per heavy atom. The van der Waals surface area contributed by atoms with E-state index in [2.05, 4.69) is 53.0 Å². The quantitative estimate of drug-likeness (QED) is 0.907. The topological polar surface area (TPSA) is 29.3 Å². The predicted molar refractivity (Wildman–Crippen MR) is 82.0 cm³/mol. The number of hydrogen-bond acceptors (Lipinski definition) is 2. The summed E-state index contributed by atoms with van der Waals surface area (Å²) >= 11 is 3.56. The first-order valence-electron chi connectivity index (χ1n) is 6.84. The molecular formula is C15H23BrN2. The third-order valence-corrected chi connectivity index (χ3v) is 4.39. The van der Waals surface area contributed by atoms with Crippen molar-refractivity contribution < 1.29 is 0 Å². The Balaban J connectivity index is 2.16. The fraction of sp³-hybridized carbons (Fsp3) is 0.600. The SMILES string of the molecule is CC(N)c1ccc(Br)cc1N(C)CC1CCCC1. The van der Waals surface area contributed by atoms with Crippen LogP contribution in [-0.4, -0.2) is 13.6 Å². The van der Waals surface area contributed by atoms with Gasteiger partial charge in [-0.05, 0) is 43.4 Å². The number of rotatable bonds is 4. The van der Waals surface area contributed by atoms with Crippen molar-refractivity contribution in [3.05, 3.63) is 28.2 Å². The summed E-state index contributed by atoms with van der Waals surface area (Å²) in [6.07, 6.45) is 5.56. The smallest absolute Gasteiger partial charge is 0.0423 e. The minimum Gasteiger partial charge on any atom is -0.374 e. The molecule has 2 nitrogen and oxygen atoms in total. The Morgan fingerprint density at radius 2 is 2.06 bits per heavy atom.